The van der Waals surface area contributed by atoms with Crippen LogP contribution in [0.3, 0.4) is 0 Å². The largest absolute Gasteiger partial charge is 0.477 e. The summed E-state index contributed by atoms with van der Waals surface area (Å²) in [6, 6.07) is 6.88. The Bertz CT molecular complexity index is 628. The summed E-state index contributed by atoms with van der Waals surface area (Å²) < 4.78 is 10.6. The van der Waals surface area contributed by atoms with Crippen molar-refractivity contribution in [1.82, 2.24) is 4.98 Å². The van der Waals surface area contributed by atoms with Gasteiger partial charge in [0.1, 0.15) is 11.5 Å². The Hall–Kier alpha value is -2.32. The summed E-state index contributed by atoms with van der Waals surface area (Å²) in [4.78, 5) is 16.5. The standard InChI is InChI=1S/C14H11NO3S/c1-3-8-17-11-6-4-5-7-12(11)18-14(16)13-10(2)15-9-19-13/h1,4-7,9H,8H2,2H3. The number of thiazole rings is 1. The van der Waals surface area contributed by atoms with E-state index in [4.69, 9.17) is 15.9 Å². The lowest BCUT2D eigenvalue weighted by Crippen LogP contribution is -2.09. The van der Waals surface area contributed by atoms with Crippen molar-refractivity contribution in [2.24, 2.45) is 0 Å². The molecule has 1 aromatic carbocycles. The number of benzene rings is 1. The molecule has 2 aromatic rings. The van der Waals surface area contributed by atoms with E-state index in [0.717, 1.165) is 0 Å². The van der Waals surface area contributed by atoms with Gasteiger partial charge in [-0.05, 0) is 19.1 Å². The molecule has 0 atom stereocenters. The molecular weight excluding hydrogens is 262 g/mol. The number of carbonyl (C=O) groups excluding carboxylic acids is 1. The van der Waals surface area contributed by atoms with Gasteiger partial charge in [-0.15, -0.1) is 17.8 Å². The maximum atomic E-state index is 12.0. The number of terminal acetylenes is 1. The molecule has 0 saturated carbocycles. The number of nitrogens with zero attached hydrogens (tertiary/aromatic N) is 1. The molecule has 1 aromatic heterocycles. The molecule has 96 valence electrons. The van der Waals surface area contributed by atoms with Gasteiger partial charge >= 0.3 is 5.97 Å². The minimum Gasteiger partial charge on any atom is -0.477 e. The molecule has 0 fully saturated rings. The molecule has 0 aliphatic carbocycles. The lowest BCUT2D eigenvalue weighted by molar-refractivity contribution is 0.0733. The number of hydrogen-bond donors (Lipinski definition) is 0. The van der Waals surface area contributed by atoms with Gasteiger partial charge in [-0.3, -0.25) is 0 Å². The van der Waals surface area contributed by atoms with E-state index in [1.54, 1.807) is 36.7 Å². The fourth-order valence-corrected chi connectivity index (χ4v) is 2.09. The first kappa shape index (κ1) is 13.1. The number of esters is 1. The molecule has 19 heavy (non-hydrogen) atoms. The smallest absolute Gasteiger partial charge is 0.355 e. The van der Waals surface area contributed by atoms with Crippen molar-refractivity contribution in [1.29, 1.82) is 0 Å². The van der Waals surface area contributed by atoms with Crippen LogP contribution in [0, 0.1) is 19.3 Å². The molecule has 0 amide bonds. The normalized spacial score (nSPS) is 9.68. The van der Waals surface area contributed by atoms with Crippen molar-refractivity contribution < 1.29 is 14.3 Å². The zero-order valence-electron chi connectivity index (χ0n) is 10.3. The van der Waals surface area contributed by atoms with E-state index < -0.39 is 5.97 Å². The molecule has 0 saturated heterocycles. The van der Waals surface area contributed by atoms with E-state index in [2.05, 4.69) is 10.9 Å². The SMILES string of the molecule is C#CCOc1ccccc1OC(=O)c1scnc1C. The fraction of sp³-hybridized carbons (Fsp3) is 0.143. The van der Waals surface area contributed by atoms with E-state index in [0.29, 0.717) is 22.1 Å². The van der Waals surface area contributed by atoms with Gasteiger partial charge in [0.25, 0.3) is 0 Å². The number of para-hydroxylation sites is 2. The van der Waals surface area contributed by atoms with Crippen molar-refractivity contribution in [3.63, 3.8) is 0 Å². The van der Waals surface area contributed by atoms with Crippen molar-refractivity contribution in [3.8, 4) is 23.8 Å². The highest BCUT2D eigenvalue weighted by Crippen LogP contribution is 2.28. The Balaban J connectivity index is 2.17. The van der Waals surface area contributed by atoms with Crippen molar-refractivity contribution in [2.75, 3.05) is 6.61 Å². The number of aromatic nitrogens is 1. The van der Waals surface area contributed by atoms with Crippen molar-refractivity contribution in [2.45, 2.75) is 6.92 Å². The highest BCUT2D eigenvalue weighted by molar-refractivity contribution is 7.11. The summed E-state index contributed by atoms with van der Waals surface area (Å²) in [6.07, 6.45) is 5.14. The average Bonchev–Trinajstić information content (AvgIpc) is 2.84. The number of aryl methyl sites for hydroxylation is 1. The lowest BCUT2D eigenvalue weighted by atomic mass is 10.3. The molecule has 0 aliphatic heterocycles. The topological polar surface area (TPSA) is 48.4 Å². The summed E-state index contributed by atoms with van der Waals surface area (Å²) in [7, 11) is 0. The first-order chi connectivity index (χ1) is 9.22. The third kappa shape index (κ3) is 3.12. The summed E-state index contributed by atoms with van der Waals surface area (Å²) in [5.41, 5.74) is 2.25. The first-order valence-electron chi connectivity index (χ1n) is 5.50. The van der Waals surface area contributed by atoms with E-state index in [1.165, 1.54) is 11.3 Å². The van der Waals surface area contributed by atoms with Crippen LogP contribution in [-0.4, -0.2) is 17.6 Å². The molecule has 1 heterocycles. The van der Waals surface area contributed by atoms with E-state index >= 15 is 0 Å². The van der Waals surface area contributed by atoms with Crippen LogP contribution in [0.4, 0.5) is 0 Å². The van der Waals surface area contributed by atoms with Gasteiger partial charge < -0.3 is 9.47 Å². The second-order valence-corrected chi connectivity index (χ2v) is 4.45. The molecule has 0 unspecified atom stereocenters. The second-order valence-electron chi connectivity index (χ2n) is 3.60. The molecule has 0 radical (unpaired) electrons. The Morgan fingerprint density at radius 1 is 1.42 bits per heavy atom. The molecule has 5 heteroatoms. The maximum Gasteiger partial charge on any atom is 0.355 e. The van der Waals surface area contributed by atoms with Crippen LogP contribution in [0.5, 0.6) is 11.5 Å². The van der Waals surface area contributed by atoms with Gasteiger partial charge in [0.2, 0.25) is 0 Å². The number of rotatable bonds is 4. The molecule has 4 nitrogen and oxygen atoms in total. The second kappa shape index (κ2) is 6.03. The molecule has 0 spiro atoms. The van der Waals surface area contributed by atoms with Crippen LogP contribution in [0.15, 0.2) is 29.8 Å². The van der Waals surface area contributed by atoms with E-state index in [9.17, 15) is 4.79 Å². The highest BCUT2D eigenvalue weighted by Gasteiger charge is 2.16. The third-order valence-electron chi connectivity index (χ3n) is 2.29. The Labute approximate surface area is 115 Å². The van der Waals surface area contributed by atoms with Crippen molar-refractivity contribution in [3.05, 3.63) is 40.3 Å². The van der Waals surface area contributed by atoms with Gasteiger partial charge in [0.05, 0.1) is 11.2 Å². The summed E-state index contributed by atoms with van der Waals surface area (Å²) in [5.74, 6) is 2.70. The molecule has 2 rings (SSSR count). The van der Waals surface area contributed by atoms with Gasteiger partial charge in [-0.25, -0.2) is 9.78 Å². The Morgan fingerprint density at radius 2 is 2.16 bits per heavy atom. The maximum absolute atomic E-state index is 12.0. The summed E-state index contributed by atoms with van der Waals surface area (Å²) >= 11 is 1.24. The van der Waals surface area contributed by atoms with Crippen LogP contribution in [-0.2, 0) is 0 Å². The average molecular weight is 273 g/mol. The highest BCUT2D eigenvalue weighted by atomic mass is 32.1. The fourth-order valence-electron chi connectivity index (χ4n) is 1.42. The van der Waals surface area contributed by atoms with Gasteiger partial charge in [-0.1, -0.05) is 18.1 Å². The third-order valence-corrected chi connectivity index (χ3v) is 3.20. The molecule has 0 aliphatic rings. The van der Waals surface area contributed by atoms with Crippen LogP contribution < -0.4 is 9.47 Å². The van der Waals surface area contributed by atoms with Crippen LogP contribution in [0.25, 0.3) is 0 Å². The summed E-state index contributed by atoms with van der Waals surface area (Å²) in [5, 5.41) is 0. The number of hydrogen-bond acceptors (Lipinski definition) is 5. The Morgan fingerprint density at radius 3 is 2.79 bits per heavy atom. The van der Waals surface area contributed by atoms with Crippen LogP contribution in [0.1, 0.15) is 15.4 Å². The molecule has 0 N–H and O–H groups in total. The zero-order chi connectivity index (χ0) is 13.7. The van der Waals surface area contributed by atoms with Gasteiger partial charge in [0.15, 0.2) is 11.5 Å². The lowest BCUT2D eigenvalue weighted by Gasteiger charge is -2.09. The predicted octanol–water partition coefficient (Wildman–Crippen LogP) is 2.68. The van der Waals surface area contributed by atoms with Crippen molar-refractivity contribution >= 4 is 17.3 Å². The first-order valence-corrected chi connectivity index (χ1v) is 6.38. The minimum atomic E-state index is -0.447. The zero-order valence-corrected chi connectivity index (χ0v) is 11.1. The minimum absolute atomic E-state index is 0.119. The summed E-state index contributed by atoms with van der Waals surface area (Å²) in [6.45, 7) is 1.88. The van der Waals surface area contributed by atoms with Gasteiger partial charge in [0, 0.05) is 0 Å². The number of carbonyl (C=O) groups is 1. The van der Waals surface area contributed by atoms with Crippen LogP contribution in [0.2, 0.25) is 0 Å². The van der Waals surface area contributed by atoms with Gasteiger partial charge in [-0.2, -0.15) is 0 Å². The Kier molecular flexibility index (Phi) is 4.16. The number of ether oxygens (including phenoxy) is 2. The monoisotopic (exact) mass is 273 g/mol. The molecule has 0 bridgehead atoms. The molecular formula is C14H11NO3S. The van der Waals surface area contributed by atoms with E-state index in [1.807, 2.05) is 0 Å². The quantitative estimate of drug-likeness (QED) is 0.488. The van der Waals surface area contributed by atoms with Crippen LogP contribution >= 0.6 is 11.3 Å². The van der Waals surface area contributed by atoms with E-state index in [-0.39, 0.29) is 6.61 Å². The predicted molar refractivity (Wildman–Crippen MR) is 72.6 cm³/mol.